The quantitative estimate of drug-likeness (QED) is 0.448. The SMILES string of the molecule is O=C(NCc1ccc([C@H]2O[C@@H](CN3CCCCC3)C[C@@H](c3ccc(CO)cc3)O2)cc1)c1ccccc1. The molecule has 0 bridgehead atoms. The smallest absolute Gasteiger partial charge is 0.251 e. The van der Waals surface area contributed by atoms with E-state index in [0.717, 1.165) is 48.3 Å². The number of amides is 1. The Balaban J connectivity index is 1.26. The monoisotopic (exact) mass is 500 g/mol. The van der Waals surface area contributed by atoms with Crippen LogP contribution in [0.4, 0.5) is 0 Å². The van der Waals surface area contributed by atoms with Gasteiger partial charge in [-0.05, 0) is 54.8 Å². The molecule has 3 atom stereocenters. The zero-order valence-corrected chi connectivity index (χ0v) is 21.2. The van der Waals surface area contributed by atoms with Crippen LogP contribution in [0.1, 0.15) is 70.7 Å². The number of nitrogens with one attached hydrogen (secondary N) is 1. The van der Waals surface area contributed by atoms with Crippen molar-refractivity contribution in [2.75, 3.05) is 19.6 Å². The summed E-state index contributed by atoms with van der Waals surface area (Å²) < 4.78 is 13.0. The largest absolute Gasteiger partial charge is 0.392 e. The maximum Gasteiger partial charge on any atom is 0.251 e. The van der Waals surface area contributed by atoms with Gasteiger partial charge in [0.25, 0.3) is 5.91 Å². The van der Waals surface area contributed by atoms with E-state index in [1.165, 1.54) is 19.3 Å². The van der Waals surface area contributed by atoms with E-state index in [1.807, 2.05) is 66.7 Å². The third kappa shape index (κ3) is 6.84. The molecule has 0 aliphatic carbocycles. The number of likely N-dealkylation sites (tertiary alicyclic amines) is 1. The van der Waals surface area contributed by atoms with Crippen molar-refractivity contribution in [1.82, 2.24) is 10.2 Å². The van der Waals surface area contributed by atoms with Crippen molar-refractivity contribution >= 4 is 5.91 Å². The Labute approximate surface area is 219 Å². The molecule has 6 nitrogen and oxygen atoms in total. The molecule has 2 saturated heterocycles. The number of nitrogens with zero attached hydrogens (tertiary/aromatic N) is 1. The van der Waals surface area contributed by atoms with Gasteiger partial charge in [-0.25, -0.2) is 0 Å². The first kappa shape index (κ1) is 25.6. The molecule has 2 aliphatic rings. The number of aliphatic hydroxyl groups is 1. The van der Waals surface area contributed by atoms with Crippen molar-refractivity contribution in [3.05, 3.63) is 107 Å². The molecule has 0 aromatic heterocycles. The molecule has 3 aromatic carbocycles. The van der Waals surface area contributed by atoms with Crippen LogP contribution in [0, 0.1) is 0 Å². The summed E-state index contributed by atoms with van der Waals surface area (Å²) in [6.07, 6.45) is 4.15. The number of hydrogen-bond acceptors (Lipinski definition) is 5. The summed E-state index contributed by atoms with van der Waals surface area (Å²) in [6.45, 7) is 3.66. The lowest BCUT2D eigenvalue weighted by Gasteiger charge is -2.39. The first-order valence-corrected chi connectivity index (χ1v) is 13.3. The van der Waals surface area contributed by atoms with Crippen molar-refractivity contribution in [2.45, 2.75) is 57.3 Å². The molecule has 2 fully saturated rings. The van der Waals surface area contributed by atoms with Gasteiger partial charge in [0.2, 0.25) is 0 Å². The van der Waals surface area contributed by atoms with Gasteiger partial charge in [0.05, 0.1) is 18.8 Å². The molecule has 3 aromatic rings. The Morgan fingerprint density at radius 3 is 2.22 bits per heavy atom. The zero-order chi connectivity index (χ0) is 25.5. The second-order valence-corrected chi connectivity index (χ2v) is 10.0. The average Bonchev–Trinajstić information content (AvgIpc) is 2.97. The van der Waals surface area contributed by atoms with E-state index in [-0.39, 0.29) is 24.7 Å². The minimum absolute atomic E-state index is 0.0350. The van der Waals surface area contributed by atoms with E-state index in [9.17, 15) is 9.90 Å². The lowest BCUT2D eigenvalue weighted by atomic mass is 9.99. The standard InChI is InChI=1S/C31H36N2O4/c34-22-24-11-13-25(14-12-24)29-19-28(21-33-17-5-2-6-18-33)36-31(37-29)27-15-9-23(10-16-27)20-32-30(35)26-7-3-1-4-8-26/h1,3-4,7-16,28-29,31,34H,2,5-6,17-22H2,(H,32,35)/t28-,29+,31+/m1/s1. The van der Waals surface area contributed by atoms with E-state index >= 15 is 0 Å². The number of piperidine rings is 1. The van der Waals surface area contributed by atoms with E-state index in [2.05, 4.69) is 22.3 Å². The fraction of sp³-hybridized carbons (Fsp3) is 0.387. The van der Waals surface area contributed by atoms with E-state index in [1.54, 1.807) is 0 Å². The van der Waals surface area contributed by atoms with Gasteiger partial charge in [-0.15, -0.1) is 0 Å². The number of rotatable bonds is 8. The highest BCUT2D eigenvalue weighted by Crippen LogP contribution is 2.38. The van der Waals surface area contributed by atoms with Gasteiger partial charge in [0.15, 0.2) is 6.29 Å². The van der Waals surface area contributed by atoms with Crippen LogP contribution in [0.5, 0.6) is 0 Å². The van der Waals surface area contributed by atoms with E-state index in [0.29, 0.717) is 12.1 Å². The van der Waals surface area contributed by atoms with Crippen LogP contribution in [0.15, 0.2) is 78.9 Å². The fourth-order valence-electron chi connectivity index (χ4n) is 5.13. The topological polar surface area (TPSA) is 71.0 Å². The summed E-state index contributed by atoms with van der Waals surface area (Å²) in [5.41, 5.74) is 4.64. The summed E-state index contributed by atoms with van der Waals surface area (Å²) in [6, 6.07) is 25.4. The molecule has 2 heterocycles. The van der Waals surface area contributed by atoms with Crippen LogP contribution >= 0.6 is 0 Å². The molecule has 2 aliphatic heterocycles. The molecular weight excluding hydrogens is 464 g/mol. The Morgan fingerprint density at radius 2 is 1.51 bits per heavy atom. The van der Waals surface area contributed by atoms with Crippen molar-refractivity contribution in [2.24, 2.45) is 0 Å². The molecule has 0 unspecified atom stereocenters. The number of carbonyl (C=O) groups is 1. The van der Waals surface area contributed by atoms with Gasteiger partial charge < -0.3 is 24.8 Å². The predicted molar refractivity (Wildman–Crippen MR) is 143 cm³/mol. The Bertz CT molecular complexity index is 1130. The summed E-state index contributed by atoms with van der Waals surface area (Å²) in [4.78, 5) is 14.9. The molecule has 1 amide bonds. The van der Waals surface area contributed by atoms with Gasteiger partial charge >= 0.3 is 0 Å². The maximum absolute atomic E-state index is 12.4. The van der Waals surface area contributed by atoms with Crippen molar-refractivity contribution in [3.8, 4) is 0 Å². The first-order chi connectivity index (χ1) is 18.2. The van der Waals surface area contributed by atoms with Crippen LogP contribution in [-0.2, 0) is 22.6 Å². The number of ether oxygens (including phenoxy) is 2. The number of aliphatic hydroxyl groups excluding tert-OH is 1. The first-order valence-electron chi connectivity index (χ1n) is 13.3. The van der Waals surface area contributed by atoms with Crippen LogP contribution in [-0.4, -0.2) is 41.7 Å². The molecule has 194 valence electrons. The van der Waals surface area contributed by atoms with Gasteiger partial charge in [0, 0.05) is 30.6 Å². The van der Waals surface area contributed by atoms with Gasteiger partial charge in [0.1, 0.15) is 0 Å². The van der Waals surface area contributed by atoms with Crippen molar-refractivity contribution < 1.29 is 19.4 Å². The third-order valence-electron chi connectivity index (χ3n) is 7.27. The Morgan fingerprint density at radius 1 is 0.838 bits per heavy atom. The third-order valence-corrected chi connectivity index (χ3v) is 7.27. The fourth-order valence-corrected chi connectivity index (χ4v) is 5.13. The molecule has 0 saturated carbocycles. The summed E-state index contributed by atoms with van der Waals surface area (Å²) in [5.74, 6) is -0.0840. The minimum Gasteiger partial charge on any atom is -0.392 e. The molecule has 0 spiro atoms. The second kappa shape index (κ2) is 12.5. The number of benzene rings is 3. The average molecular weight is 501 g/mol. The highest BCUT2D eigenvalue weighted by atomic mass is 16.7. The van der Waals surface area contributed by atoms with Crippen LogP contribution < -0.4 is 5.32 Å². The molecule has 0 radical (unpaired) electrons. The summed E-state index contributed by atoms with van der Waals surface area (Å²) in [7, 11) is 0. The number of carbonyl (C=O) groups excluding carboxylic acids is 1. The van der Waals surface area contributed by atoms with E-state index in [4.69, 9.17) is 9.47 Å². The van der Waals surface area contributed by atoms with Gasteiger partial charge in [-0.1, -0.05) is 73.2 Å². The van der Waals surface area contributed by atoms with Gasteiger partial charge in [-0.3, -0.25) is 4.79 Å². The number of hydrogen-bond donors (Lipinski definition) is 2. The molecule has 6 heteroatoms. The molecular formula is C31H36N2O4. The van der Waals surface area contributed by atoms with E-state index < -0.39 is 6.29 Å². The molecule has 37 heavy (non-hydrogen) atoms. The molecule has 2 N–H and O–H groups in total. The summed E-state index contributed by atoms with van der Waals surface area (Å²) in [5, 5.41) is 12.4. The van der Waals surface area contributed by atoms with Gasteiger partial charge in [-0.2, -0.15) is 0 Å². The van der Waals surface area contributed by atoms with Crippen LogP contribution in [0.25, 0.3) is 0 Å². The van der Waals surface area contributed by atoms with Crippen molar-refractivity contribution in [1.29, 1.82) is 0 Å². The predicted octanol–water partition coefficient (Wildman–Crippen LogP) is 5.14. The molecule has 5 rings (SSSR count). The normalized spacial score (nSPS) is 22.5. The highest BCUT2D eigenvalue weighted by molar-refractivity contribution is 5.94. The summed E-state index contributed by atoms with van der Waals surface area (Å²) >= 11 is 0. The Hall–Kier alpha value is -3.03. The zero-order valence-electron chi connectivity index (χ0n) is 21.2. The minimum atomic E-state index is -0.459. The maximum atomic E-state index is 12.4. The lowest BCUT2D eigenvalue weighted by molar-refractivity contribution is -0.253. The van der Waals surface area contributed by atoms with Crippen LogP contribution in [0.3, 0.4) is 0 Å². The lowest BCUT2D eigenvalue weighted by Crippen LogP contribution is -2.41. The Kier molecular flexibility index (Phi) is 8.64. The second-order valence-electron chi connectivity index (χ2n) is 10.0. The van der Waals surface area contributed by atoms with Crippen LogP contribution in [0.2, 0.25) is 0 Å². The van der Waals surface area contributed by atoms with Crippen molar-refractivity contribution in [3.63, 3.8) is 0 Å². The highest BCUT2D eigenvalue weighted by Gasteiger charge is 2.33.